The molecule has 0 amide bonds. The Hall–Kier alpha value is -1.98. The van der Waals surface area contributed by atoms with Crippen molar-refractivity contribution in [1.82, 2.24) is 0 Å². The van der Waals surface area contributed by atoms with E-state index in [0.29, 0.717) is 5.70 Å². The Morgan fingerprint density at radius 1 is 1.39 bits per heavy atom. The summed E-state index contributed by atoms with van der Waals surface area (Å²) in [4.78, 5) is 11.4. The zero-order valence-electron chi connectivity index (χ0n) is 9.62. The summed E-state index contributed by atoms with van der Waals surface area (Å²) in [6, 6.07) is 5.50. The lowest BCUT2D eigenvalue weighted by molar-refractivity contribution is -0.274. The lowest BCUT2D eigenvalue weighted by Gasteiger charge is -2.12. The van der Waals surface area contributed by atoms with Crippen LogP contribution in [0.15, 0.2) is 36.0 Å². The zero-order valence-corrected chi connectivity index (χ0v) is 9.62. The molecule has 1 aromatic rings. The fourth-order valence-corrected chi connectivity index (χ4v) is 1.37. The maximum atomic E-state index is 12.1. The zero-order chi connectivity index (χ0) is 13.8. The Balaban J connectivity index is 2.89. The molecule has 0 unspecified atom stereocenters. The van der Waals surface area contributed by atoms with Crippen molar-refractivity contribution in [3.63, 3.8) is 0 Å². The molecule has 98 valence electrons. The molecular formula is C12H12F3NO2. The fourth-order valence-electron chi connectivity index (χ4n) is 1.37. The van der Waals surface area contributed by atoms with E-state index in [2.05, 4.69) is 4.74 Å². The van der Waals surface area contributed by atoms with E-state index >= 15 is 0 Å². The van der Waals surface area contributed by atoms with Crippen molar-refractivity contribution in [2.24, 2.45) is 5.73 Å². The summed E-state index contributed by atoms with van der Waals surface area (Å²) in [5, 5.41) is 0. The maximum absolute atomic E-state index is 12.1. The first-order chi connectivity index (χ1) is 8.28. The number of hydrogen-bond acceptors (Lipinski definition) is 3. The lowest BCUT2D eigenvalue weighted by Crippen LogP contribution is -2.18. The van der Waals surface area contributed by atoms with Crippen molar-refractivity contribution >= 4 is 5.78 Å². The van der Waals surface area contributed by atoms with Crippen LogP contribution in [0.1, 0.15) is 12.5 Å². The standard InChI is InChI=1S/C12H12F3NO2/c1-8(16)6-10(17)7-9-4-2-3-5-11(9)18-12(13,14)15/h2-6H,7,16H2,1H3/b8-6-. The van der Waals surface area contributed by atoms with Gasteiger partial charge in [-0.1, -0.05) is 18.2 Å². The third-order valence-corrected chi connectivity index (χ3v) is 1.95. The van der Waals surface area contributed by atoms with Crippen LogP contribution in [0.5, 0.6) is 5.75 Å². The number of benzene rings is 1. The molecule has 0 radical (unpaired) electrons. The van der Waals surface area contributed by atoms with Crippen LogP contribution in [0, 0.1) is 0 Å². The van der Waals surface area contributed by atoms with Gasteiger partial charge in [0, 0.05) is 17.7 Å². The fraction of sp³-hybridized carbons (Fsp3) is 0.250. The van der Waals surface area contributed by atoms with E-state index in [-0.39, 0.29) is 23.5 Å². The molecule has 2 N–H and O–H groups in total. The number of nitrogens with two attached hydrogens (primary N) is 1. The molecule has 0 heterocycles. The molecule has 18 heavy (non-hydrogen) atoms. The number of allylic oxidation sites excluding steroid dienone is 2. The maximum Gasteiger partial charge on any atom is 0.573 e. The molecule has 1 rings (SSSR count). The third kappa shape index (κ3) is 4.90. The molecule has 0 spiro atoms. The molecule has 0 saturated carbocycles. The normalized spacial score (nSPS) is 12.3. The van der Waals surface area contributed by atoms with Crippen molar-refractivity contribution in [2.45, 2.75) is 19.7 Å². The summed E-state index contributed by atoms with van der Waals surface area (Å²) < 4.78 is 40.2. The highest BCUT2D eigenvalue weighted by Gasteiger charge is 2.32. The molecular weight excluding hydrogens is 247 g/mol. The van der Waals surface area contributed by atoms with Gasteiger partial charge in [-0.3, -0.25) is 4.79 Å². The second-order valence-corrected chi connectivity index (χ2v) is 3.69. The summed E-state index contributed by atoms with van der Waals surface area (Å²) in [5.74, 6) is -0.755. The quantitative estimate of drug-likeness (QED) is 0.845. The van der Waals surface area contributed by atoms with Crippen LogP contribution in [-0.4, -0.2) is 12.1 Å². The van der Waals surface area contributed by atoms with Gasteiger partial charge in [0.1, 0.15) is 5.75 Å². The van der Waals surface area contributed by atoms with Gasteiger partial charge in [-0.15, -0.1) is 13.2 Å². The topological polar surface area (TPSA) is 52.3 Å². The molecule has 0 aromatic heterocycles. The van der Waals surface area contributed by atoms with Crippen LogP contribution in [-0.2, 0) is 11.2 Å². The highest BCUT2D eigenvalue weighted by atomic mass is 19.4. The van der Waals surface area contributed by atoms with E-state index in [0.717, 1.165) is 6.07 Å². The number of para-hydroxylation sites is 1. The van der Waals surface area contributed by atoms with Crippen molar-refractivity contribution in [1.29, 1.82) is 0 Å². The Labute approximate surface area is 102 Å². The van der Waals surface area contributed by atoms with Crippen LogP contribution in [0.4, 0.5) is 13.2 Å². The van der Waals surface area contributed by atoms with Crippen LogP contribution >= 0.6 is 0 Å². The van der Waals surface area contributed by atoms with Gasteiger partial charge < -0.3 is 10.5 Å². The highest BCUT2D eigenvalue weighted by molar-refractivity contribution is 5.92. The molecule has 6 heteroatoms. The number of ketones is 1. The van der Waals surface area contributed by atoms with E-state index in [1.807, 2.05) is 0 Å². The SMILES string of the molecule is C/C(N)=C/C(=O)Cc1ccccc1OC(F)(F)F. The van der Waals surface area contributed by atoms with Gasteiger partial charge >= 0.3 is 6.36 Å². The number of halogens is 3. The molecule has 0 aliphatic carbocycles. The van der Waals surface area contributed by atoms with Crippen LogP contribution < -0.4 is 10.5 Å². The minimum atomic E-state index is -4.78. The molecule has 0 aliphatic heterocycles. The monoisotopic (exact) mass is 259 g/mol. The van der Waals surface area contributed by atoms with Crippen molar-refractivity contribution < 1.29 is 22.7 Å². The summed E-state index contributed by atoms with van der Waals surface area (Å²) in [6.07, 6.45) is -3.80. The molecule has 0 fully saturated rings. The molecule has 0 saturated heterocycles. The van der Waals surface area contributed by atoms with Gasteiger partial charge in [0.15, 0.2) is 5.78 Å². The first-order valence-corrected chi connectivity index (χ1v) is 5.08. The van der Waals surface area contributed by atoms with E-state index in [4.69, 9.17) is 5.73 Å². The summed E-state index contributed by atoms with van der Waals surface area (Å²) in [5.41, 5.74) is 5.78. The Kier molecular flexibility index (Phi) is 4.36. The molecule has 1 aromatic carbocycles. The third-order valence-electron chi connectivity index (χ3n) is 1.95. The minimum absolute atomic E-state index is 0.164. The smallest absolute Gasteiger partial charge is 0.405 e. The number of carbonyl (C=O) groups is 1. The molecule has 3 nitrogen and oxygen atoms in total. The Bertz CT molecular complexity index is 463. The minimum Gasteiger partial charge on any atom is -0.405 e. The van der Waals surface area contributed by atoms with Crippen LogP contribution in [0.3, 0.4) is 0 Å². The first kappa shape index (κ1) is 14.1. The molecule has 0 aliphatic rings. The second-order valence-electron chi connectivity index (χ2n) is 3.69. The summed E-state index contributed by atoms with van der Waals surface area (Å²) in [6.45, 7) is 1.52. The summed E-state index contributed by atoms with van der Waals surface area (Å²) >= 11 is 0. The number of ether oxygens (including phenoxy) is 1. The number of hydrogen-bond donors (Lipinski definition) is 1. The van der Waals surface area contributed by atoms with Gasteiger partial charge in [-0.25, -0.2) is 0 Å². The predicted octanol–water partition coefficient (Wildman–Crippen LogP) is 2.56. The van der Waals surface area contributed by atoms with Gasteiger partial charge in [-0.2, -0.15) is 0 Å². The number of carbonyl (C=O) groups excluding carboxylic acids is 1. The van der Waals surface area contributed by atoms with E-state index < -0.39 is 6.36 Å². The highest BCUT2D eigenvalue weighted by Crippen LogP contribution is 2.26. The predicted molar refractivity (Wildman–Crippen MR) is 59.8 cm³/mol. The van der Waals surface area contributed by atoms with Gasteiger partial charge in [0.05, 0.1) is 0 Å². The van der Waals surface area contributed by atoms with Crippen molar-refractivity contribution in [2.75, 3.05) is 0 Å². The van der Waals surface area contributed by atoms with Crippen molar-refractivity contribution in [3.05, 3.63) is 41.6 Å². The summed E-state index contributed by atoms with van der Waals surface area (Å²) in [7, 11) is 0. The second kappa shape index (κ2) is 5.57. The van der Waals surface area contributed by atoms with Crippen LogP contribution in [0.2, 0.25) is 0 Å². The van der Waals surface area contributed by atoms with E-state index in [1.54, 1.807) is 0 Å². The Morgan fingerprint density at radius 3 is 2.56 bits per heavy atom. The molecule has 0 atom stereocenters. The lowest BCUT2D eigenvalue weighted by atomic mass is 10.1. The van der Waals surface area contributed by atoms with E-state index in [9.17, 15) is 18.0 Å². The number of rotatable bonds is 4. The first-order valence-electron chi connectivity index (χ1n) is 5.08. The number of alkyl halides is 3. The van der Waals surface area contributed by atoms with Gasteiger partial charge in [-0.05, 0) is 19.1 Å². The molecule has 0 bridgehead atoms. The Morgan fingerprint density at radius 2 is 2.00 bits per heavy atom. The van der Waals surface area contributed by atoms with Gasteiger partial charge in [0.25, 0.3) is 0 Å². The average Bonchev–Trinajstić information content (AvgIpc) is 2.17. The van der Waals surface area contributed by atoms with Crippen molar-refractivity contribution in [3.8, 4) is 5.75 Å². The van der Waals surface area contributed by atoms with Crippen LogP contribution in [0.25, 0.3) is 0 Å². The largest absolute Gasteiger partial charge is 0.573 e. The van der Waals surface area contributed by atoms with E-state index in [1.165, 1.54) is 31.2 Å². The van der Waals surface area contributed by atoms with Gasteiger partial charge in [0.2, 0.25) is 0 Å². The average molecular weight is 259 g/mol.